The molecule has 102 valence electrons. The molecule has 0 aromatic rings. The fourth-order valence-corrected chi connectivity index (χ4v) is 1.99. The molecule has 1 amide bonds. The number of carbonyl (C=O) groups excluding carboxylic acids is 1. The van der Waals surface area contributed by atoms with Crippen molar-refractivity contribution in [2.75, 3.05) is 19.7 Å². The molecular formula is C12H25ClN2O2. The summed E-state index contributed by atoms with van der Waals surface area (Å²) in [6, 6.07) is 0.168. The Morgan fingerprint density at radius 3 is 2.65 bits per heavy atom. The second kappa shape index (κ2) is 7.90. The van der Waals surface area contributed by atoms with E-state index in [0.29, 0.717) is 5.92 Å². The first-order chi connectivity index (χ1) is 7.50. The maximum atomic E-state index is 11.8. The molecule has 1 heterocycles. The summed E-state index contributed by atoms with van der Waals surface area (Å²) in [6.07, 6.45) is 2.30. The number of piperidine rings is 1. The van der Waals surface area contributed by atoms with Crippen LogP contribution in [0.3, 0.4) is 0 Å². The van der Waals surface area contributed by atoms with Crippen LogP contribution in [0.1, 0.15) is 33.6 Å². The SMILES string of the molecule is CC(C)OCC(=O)N1CCCC(C(C)N)C1.Cl. The summed E-state index contributed by atoms with van der Waals surface area (Å²) < 4.78 is 5.33. The number of hydrogen-bond donors (Lipinski definition) is 1. The third-order valence-corrected chi connectivity index (χ3v) is 3.09. The number of amides is 1. The lowest BCUT2D eigenvalue weighted by Crippen LogP contribution is -2.46. The lowest BCUT2D eigenvalue weighted by Gasteiger charge is -2.34. The van der Waals surface area contributed by atoms with Gasteiger partial charge in [0.15, 0.2) is 0 Å². The highest BCUT2D eigenvalue weighted by Crippen LogP contribution is 2.18. The van der Waals surface area contributed by atoms with Gasteiger partial charge in [-0.15, -0.1) is 12.4 Å². The Bertz CT molecular complexity index is 235. The van der Waals surface area contributed by atoms with E-state index >= 15 is 0 Å². The smallest absolute Gasteiger partial charge is 0.248 e. The summed E-state index contributed by atoms with van der Waals surface area (Å²) >= 11 is 0. The number of halogens is 1. The van der Waals surface area contributed by atoms with Gasteiger partial charge in [-0.25, -0.2) is 0 Å². The zero-order valence-corrected chi connectivity index (χ0v) is 11.8. The Balaban J connectivity index is 0.00000256. The minimum atomic E-state index is 0. The van der Waals surface area contributed by atoms with Gasteiger partial charge in [-0.2, -0.15) is 0 Å². The predicted molar refractivity (Wildman–Crippen MR) is 71.3 cm³/mol. The van der Waals surface area contributed by atoms with Crippen molar-refractivity contribution in [1.29, 1.82) is 0 Å². The highest BCUT2D eigenvalue weighted by Gasteiger charge is 2.25. The number of likely N-dealkylation sites (tertiary alicyclic amines) is 1. The zero-order valence-electron chi connectivity index (χ0n) is 11.0. The summed E-state index contributed by atoms with van der Waals surface area (Å²) in [5.41, 5.74) is 5.88. The lowest BCUT2D eigenvalue weighted by molar-refractivity contribution is -0.139. The molecule has 0 bridgehead atoms. The van der Waals surface area contributed by atoms with E-state index in [9.17, 15) is 4.79 Å². The van der Waals surface area contributed by atoms with Crippen molar-refractivity contribution < 1.29 is 9.53 Å². The molecule has 0 radical (unpaired) electrons. The number of hydrogen-bond acceptors (Lipinski definition) is 3. The topological polar surface area (TPSA) is 55.6 Å². The van der Waals surface area contributed by atoms with Gasteiger partial charge in [0, 0.05) is 19.1 Å². The molecule has 0 aliphatic carbocycles. The Labute approximate surface area is 110 Å². The van der Waals surface area contributed by atoms with E-state index in [4.69, 9.17) is 10.5 Å². The monoisotopic (exact) mass is 264 g/mol. The second-order valence-electron chi connectivity index (χ2n) is 4.96. The molecule has 17 heavy (non-hydrogen) atoms. The first-order valence-corrected chi connectivity index (χ1v) is 6.15. The molecule has 1 rings (SSSR count). The quantitative estimate of drug-likeness (QED) is 0.836. The van der Waals surface area contributed by atoms with Crippen LogP contribution >= 0.6 is 12.4 Å². The molecule has 2 unspecified atom stereocenters. The van der Waals surface area contributed by atoms with Crippen molar-refractivity contribution in [3.63, 3.8) is 0 Å². The normalized spacial score (nSPS) is 22.2. The van der Waals surface area contributed by atoms with Gasteiger partial charge in [0.05, 0.1) is 6.10 Å². The molecular weight excluding hydrogens is 240 g/mol. The number of rotatable bonds is 4. The van der Waals surface area contributed by atoms with Gasteiger partial charge in [-0.1, -0.05) is 0 Å². The maximum absolute atomic E-state index is 11.8. The van der Waals surface area contributed by atoms with Gasteiger partial charge in [-0.05, 0) is 39.5 Å². The molecule has 2 atom stereocenters. The van der Waals surface area contributed by atoms with Gasteiger partial charge >= 0.3 is 0 Å². The van der Waals surface area contributed by atoms with E-state index < -0.39 is 0 Å². The Morgan fingerprint density at radius 2 is 2.12 bits per heavy atom. The summed E-state index contributed by atoms with van der Waals surface area (Å²) in [6.45, 7) is 7.73. The van der Waals surface area contributed by atoms with Crippen LogP contribution in [0.25, 0.3) is 0 Å². The van der Waals surface area contributed by atoms with E-state index in [1.165, 1.54) is 0 Å². The molecule has 4 nitrogen and oxygen atoms in total. The number of carbonyl (C=O) groups is 1. The molecule has 0 saturated carbocycles. The molecule has 0 aromatic carbocycles. The van der Waals surface area contributed by atoms with Crippen molar-refractivity contribution >= 4 is 18.3 Å². The summed E-state index contributed by atoms with van der Waals surface area (Å²) in [5, 5.41) is 0. The van der Waals surface area contributed by atoms with E-state index in [-0.39, 0.29) is 37.1 Å². The van der Waals surface area contributed by atoms with Crippen LogP contribution in [0.4, 0.5) is 0 Å². The average molecular weight is 265 g/mol. The van der Waals surface area contributed by atoms with Crippen LogP contribution in [-0.4, -0.2) is 42.6 Å². The second-order valence-corrected chi connectivity index (χ2v) is 4.96. The third kappa shape index (κ3) is 5.70. The predicted octanol–water partition coefficient (Wildman–Crippen LogP) is 1.42. The minimum absolute atomic E-state index is 0. The number of nitrogens with two attached hydrogens (primary N) is 1. The highest BCUT2D eigenvalue weighted by atomic mass is 35.5. The van der Waals surface area contributed by atoms with Crippen LogP contribution in [-0.2, 0) is 9.53 Å². The van der Waals surface area contributed by atoms with E-state index in [1.807, 2.05) is 25.7 Å². The van der Waals surface area contributed by atoms with Crippen molar-refractivity contribution in [3.05, 3.63) is 0 Å². The summed E-state index contributed by atoms with van der Waals surface area (Å²) in [4.78, 5) is 13.7. The van der Waals surface area contributed by atoms with E-state index in [0.717, 1.165) is 25.9 Å². The molecule has 1 fully saturated rings. The Morgan fingerprint density at radius 1 is 1.47 bits per heavy atom. The third-order valence-electron chi connectivity index (χ3n) is 3.09. The first-order valence-electron chi connectivity index (χ1n) is 6.15. The molecule has 2 N–H and O–H groups in total. The van der Waals surface area contributed by atoms with Crippen LogP contribution in [0.15, 0.2) is 0 Å². The summed E-state index contributed by atoms with van der Waals surface area (Å²) in [7, 11) is 0. The van der Waals surface area contributed by atoms with Crippen LogP contribution in [0.2, 0.25) is 0 Å². The van der Waals surface area contributed by atoms with Crippen molar-refractivity contribution in [3.8, 4) is 0 Å². The zero-order chi connectivity index (χ0) is 12.1. The fraction of sp³-hybridized carbons (Fsp3) is 0.917. The first kappa shape index (κ1) is 16.7. The summed E-state index contributed by atoms with van der Waals surface area (Å²) in [5.74, 6) is 0.538. The average Bonchev–Trinajstić information content (AvgIpc) is 2.26. The molecule has 1 aliphatic heterocycles. The maximum Gasteiger partial charge on any atom is 0.248 e. The van der Waals surface area contributed by atoms with Crippen molar-refractivity contribution in [2.45, 2.75) is 45.8 Å². The van der Waals surface area contributed by atoms with Crippen LogP contribution in [0, 0.1) is 5.92 Å². The van der Waals surface area contributed by atoms with Crippen LogP contribution in [0.5, 0.6) is 0 Å². The fourth-order valence-electron chi connectivity index (χ4n) is 1.99. The van der Waals surface area contributed by atoms with E-state index in [2.05, 4.69) is 0 Å². The largest absolute Gasteiger partial charge is 0.369 e. The van der Waals surface area contributed by atoms with Gasteiger partial charge in [0.25, 0.3) is 0 Å². The molecule has 1 saturated heterocycles. The Hall–Kier alpha value is -0.320. The van der Waals surface area contributed by atoms with Crippen molar-refractivity contribution in [1.82, 2.24) is 4.90 Å². The Kier molecular flexibility index (Phi) is 7.75. The van der Waals surface area contributed by atoms with Gasteiger partial charge in [0.1, 0.15) is 6.61 Å². The minimum Gasteiger partial charge on any atom is -0.369 e. The molecule has 1 aliphatic rings. The van der Waals surface area contributed by atoms with Gasteiger partial charge in [-0.3, -0.25) is 4.79 Å². The lowest BCUT2D eigenvalue weighted by atomic mass is 9.92. The molecule has 0 aromatic heterocycles. The van der Waals surface area contributed by atoms with E-state index in [1.54, 1.807) is 0 Å². The highest BCUT2D eigenvalue weighted by molar-refractivity contribution is 5.85. The van der Waals surface area contributed by atoms with Gasteiger partial charge in [0.2, 0.25) is 5.91 Å². The van der Waals surface area contributed by atoms with Gasteiger partial charge < -0.3 is 15.4 Å². The standard InChI is InChI=1S/C12H24N2O2.ClH/c1-9(2)16-8-12(15)14-6-4-5-11(7-14)10(3)13;/h9-11H,4-8,13H2,1-3H3;1H. The number of nitrogens with zero attached hydrogens (tertiary/aromatic N) is 1. The molecule has 5 heteroatoms. The molecule has 0 spiro atoms. The number of ether oxygens (including phenoxy) is 1. The van der Waals surface area contributed by atoms with Crippen molar-refractivity contribution in [2.24, 2.45) is 11.7 Å². The van der Waals surface area contributed by atoms with Crippen LogP contribution < -0.4 is 5.73 Å².